The highest BCUT2D eigenvalue weighted by atomic mass is 19.2. The maximum absolute atomic E-state index is 14.1. The number of nitrogens with zero attached hydrogens (tertiary/aromatic N) is 2. The van der Waals surface area contributed by atoms with Crippen LogP contribution < -0.4 is 20.3 Å². The number of aromatic nitrogens is 1. The number of hydrogen-bond acceptors (Lipinski definition) is 8. The molecule has 4 rings (SSSR count). The molecule has 0 saturated carbocycles. The monoisotopic (exact) mass is 528 g/mol. The van der Waals surface area contributed by atoms with Gasteiger partial charge in [-0.3, -0.25) is 4.79 Å². The van der Waals surface area contributed by atoms with Crippen LogP contribution in [0.2, 0.25) is 0 Å². The van der Waals surface area contributed by atoms with E-state index >= 15 is 0 Å². The number of amides is 1. The highest BCUT2D eigenvalue weighted by Crippen LogP contribution is 2.42. The minimum Gasteiger partial charge on any atom is -0.423 e. The molecule has 1 aliphatic rings. The maximum Gasteiger partial charge on any atom is 0.404 e. The van der Waals surface area contributed by atoms with E-state index in [2.05, 4.69) is 16.0 Å². The Labute approximate surface area is 219 Å². The van der Waals surface area contributed by atoms with Gasteiger partial charge in [-0.15, -0.1) is 0 Å². The number of alkyl halides is 1. The SMILES string of the molecule is CCC[C@@H](C(=O)Nc1ccc2c(c1)cc([C@](C)(CN=O)NO)n2CCCO)c1ccc2c(c1)OC(C)(F)O2. The average Bonchev–Trinajstić information content (AvgIpc) is 3.40. The quantitative estimate of drug-likeness (QED) is 0.194. The van der Waals surface area contributed by atoms with E-state index < -0.39 is 17.5 Å². The fourth-order valence-corrected chi connectivity index (χ4v) is 4.86. The molecule has 0 aliphatic carbocycles. The van der Waals surface area contributed by atoms with Crippen LogP contribution in [-0.4, -0.2) is 40.0 Å². The van der Waals surface area contributed by atoms with E-state index in [0.717, 1.165) is 17.3 Å². The summed E-state index contributed by atoms with van der Waals surface area (Å²) in [4.78, 5) is 24.5. The Morgan fingerprint density at radius 1 is 1.21 bits per heavy atom. The molecule has 10 nitrogen and oxygen atoms in total. The topological polar surface area (TPSA) is 134 Å². The average molecular weight is 529 g/mol. The lowest BCUT2D eigenvalue weighted by Crippen LogP contribution is -2.42. The Morgan fingerprint density at radius 3 is 2.66 bits per heavy atom. The number of aliphatic hydroxyl groups excluding tert-OH is 1. The maximum atomic E-state index is 14.1. The van der Waals surface area contributed by atoms with Crippen molar-refractivity contribution in [2.75, 3.05) is 18.5 Å². The molecule has 0 saturated heterocycles. The summed E-state index contributed by atoms with van der Waals surface area (Å²) < 4.78 is 26.4. The van der Waals surface area contributed by atoms with Gasteiger partial charge in [0.25, 0.3) is 0 Å². The number of nitroso groups, excluding NO2 is 1. The summed E-state index contributed by atoms with van der Waals surface area (Å²) in [6.07, 6.45) is 1.80. The van der Waals surface area contributed by atoms with Crippen LogP contribution in [-0.2, 0) is 16.9 Å². The molecule has 2 heterocycles. The molecule has 0 radical (unpaired) electrons. The zero-order valence-corrected chi connectivity index (χ0v) is 21.7. The summed E-state index contributed by atoms with van der Waals surface area (Å²) in [5.41, 5.74) is 3.75. The van der Waals surface area contributed by atoms with Gasteiger partial charge in [-0.25, -0.2) is 0 Å². The van der Waals surface area contributed by atoms with E-state index in [9.17, 15) is 24.4 Å². The smallest absolute Gasteiger partial charge is 0.404 e. The Balaban J connectivity index is 1.63. The zero-order chi connectivity index (χ0) is 27.5. The standard InChI is InChI=1S/C27H33FN4O6/c1-4-6-20(17-7-10-22-23(14-17)38-27(3,28)37-22)25(34)30-19-8-9-21-18(13-19)15-24(32(21)11-5-12-33)26(2,31-36)16-29-35/h7-10,13-15,20,31,33,36H,4-6,11-12,16H2,1-3H3,(H,30,34)/t20-,26+,27?/m1/s1. The van der Waals surface area contributed by atoms with Crippen molar-refractivity contribution in [3.05, 3.63) is 58.6 Å². The van der Waals surface area contributed by atoms with Gasteiger partial charge in [-0.2, -0.15) is 14.8 Å². The molecule has 1 unspecified atom stereocenters. The van der Waals surface area contributed by atoms with Crippen LogP contribution in [0.15, 0.2) is 47.6 Å². The van der Waals surface area contributed by atoms with E-state index in [-0.39, 0.29) is 30.6 Å². The van der Waals surface area contributed by atoms with Crippen molar-refractivity contribution in [1.82, 2.24) is 10.0 Å². The molecule has 1 aliphatic heterocycles. The Kier molecular flexibility index (Phi) is 8.00. The third kappa shape index (κ3) is 5.50. The molecule has 0 spiro atoms. The van der Waals surface area contributed by atoms with Crippen LogP contribution >= 0.6 is 0 Å². The minimum atomic E-state index is -2.24. The van der Waals surface area contributed by atoms with Gasteiger partial charge in [0.2, 0.25) is 5.91 Å². The second kappa shape index (κ2) is 11.1. The molecular weight excluding hydrogens is 495 g/mol. The molecule has 0 bridgehead atoms. The van der Waals surface area contributed by atoms with Crippen LogP contribution in [0.1, 0.15) is 57.2 Å². The molecule has 3 atom stereocenters. The van der Waals surface area contributed by atoms with Gasteiger partial charge in [0.1, 0.15) is 12.1 Å². The second-order valence-electron chi connectivity index (χ2n) is 9.84. The van der Waals surface area contributed by atoms with Gasteiger partial charge in [0, 0.05) is 42.4 Å². The van der Waals surface area contributed by atoms with Crippen LogP contribution in [0, 0.1) is 4.91 Å². The number of anilines is 1. The number of halogens is 1. The molecule has 1 amide bonds. The lowest BCUT2D eigenvalue weighted by Gasteiger charge is -2.27. The van der Waals surface area contributed by atoms with Crippen molar-refractivity contribution in [3.8, 4) is 11.5 Å². The molecule has 1 aromatic heterocycles. The van der Waals surface area contributed by atoms with Crippen molar-refractivity contribution < 1.29 is 29.0 Å². The number of benzene rings is 2. The van der Waals surface area contributed by atoms with Crippen molar-refractivity contribution >= 4 is 22.5 Å². The number of hydroxylamine groups is 1. The highest BCUT2D eigenvalue weighted by molar-refractivity contribution is 5.98. The van der Waals surface area contributed by atoms with Crippen LogP contribution in [0.5, 0.6) is 11.5 Å². The summed E-state index contributed by atoms with van der Waals surface area (Å²) in [5.74, 6) is -0.179. The van der Waals surface area contributed by atoms with E-state index in [1.165, 1.54) is 6.92 Å². The predicted molar refractivity (Wildman–Crippen MR) is 140 cm³/mol. The van der Waals surface area contributed by atoms with E-state index in [4.69, 9.17) is 9.47 Å². The first kappa shape index (κ1) is 27.5. The molecule has 204 valence electrons. The number of carbonyl (C=O) groups excluding carboxylic acids is 1. The van der Waals surface area contributed by atoms with Gasteiger partial charge in [-0.05, 0) is 61.7 Å². The van der Waals surface area contributed by atoms with Gasteiger partial charge >= 0.3 is 6.04 Å². The minimum absolute atomic E-state index is 0.0221. The number of nitrogens with one attached hydrogen (secondary N) is 2. The summed E-state index contributed by atoms with van der Waals surface area (Å²) in [6, 6.07) is 10.0. The van der Waals surface area contributed by atoms with Crippen molar-refractivity contribution in [3.63, 3.8) is 0 Å². The lowest BCUT2D eigenvalue weighted by atomic mass is 9.93. The molecule has 3 aromatic rings. The number of hydrogen-bond donors (Lipinski definition) is 4. The van der Waals surface area contributed by atoms with Crippen LogP contribution in [0.4, 0.5) is 10.1 Å². The van der Waals surface area contributed by atoms with Gasteiger partial charge in [-0.1, -0.05) is 24.6 Å². The third-order valence-electron chi connectivity index (χ3n) is 6.75. The van der Waals surface area contributed by atoms with Crippen LogP contribution in [0.3, 0.4) is 0 Å². The third-order valence-corrected chi connectivity index (χ3v) is 6.75. The molecule has 11 heteroatoms. The lowest BCUT2D eigenvalue weighted by molar-refractivity contribution is -0.173. The summed E-state index contributed by atoms with van der Waals surface area (Å²) >= 11 is 0. The second-order valence-corrected chi connectivity index (χ2v) is 9.84. The van der Waals surface area contributed by atoms with Gasteiger partial charge in [0.15, 0.2) is 11.5 Å². The predicted octanol–water partition coefficient (Wildman–Crippen LogP) is 4.92. The van der Waals surface area contributed by atoms with Crippen LogP contribution in [0.25, 0.3) is 10.9 Å². The number of aryl methyl sites for hydroxylation is 1. The molecule has 38 heavy (non-hydrogen) atoms. The fourth-order valence-electron chi connectivity index (χ4n) is 4.86. The zero-order valence-electron chi connectivity index (χ0n) is 21.7. The highest BCUT2D eigenvalue weighted by Gasteiger charge is 2.37. The summed E-state index contributed by atoms with van der Waals surface area (Å²) in [7, 11) is 0. The number of aliphatic hydroxyl groups is 1. The molecular formula is C27H33FN4O6. The van der Waals surface area contributed by atoms with Crippen molar-refractivity contribution in [2.24, 2.45) is 5.18 Å². The largest absolute Gasteiger partial charge is 0.423 e. The Morgan fingerprint density at radius 2 is 1.97 bits per heavy atom. The van der Waals surface area contributed by atoms with Gasteiger partial charge < -0.3 is 29.7 Å². The Bertz CT molecular complexity index is 1330. The summed E-state index contributed by atoms with van der Waals surface area (Å²) in [5, 5.41) is 25.9. The molecule has 4 N–H and O–H groups in total. The first-order chi connectivity index (χ1) is 18.1. The van der Waals surface area contributed by atoms with E-state index in [0.29, 0.717) is 36.3 Å². The van der Waals surface area contributed by atoms with Crippen molar-refractivity contribution in [1.29, 1.82) is 0 Å². The number of fused-ring (bicyclic) bond motifs is 2. The number of ether oxygens (including phenoxy) is 2. The number of carbonyl (C=O) groups is 1. The Hall–Kier alpha value is -3.54. The van der Waals surface area contributed by atoms with E-state index in [1.54, 1.807) is 31.2 Å². The van der Waals surface area contributed by atoms with E-state index in [1.807, 2.05) is 29.7 Å². The van der Waals surface area contributed by atoms with Crippen molar-refractivity contribution in [2.45, 2.75) is 64.1 Å². The summed E-state index contributed by atoms with van der Waals surface area (Å²) in [6.45, 7) is 5.04. The first-order valence-corrected chi connectivity index (χ1v) is 12.6. The normalized spacial score (nSPS) is 18.8. The first-order valence-electron chi connectivity index (χ1n) is 12.6. The van der Waals surface area contributed by atoms with Gasteiger partial charge in [0.05, 0.1) is 5.92 Å². The number of rotatable bonds is 12. The molecule has 0 fully saturated rings. The fraction of sp³-hybridized carbons (Fsp3) is 0.444. The molecule has 2 aromatic carbocycles.